The second kappa shape index (κ2) is 7.00. The molecule has 3 rings (SSSR count). The highest BCUT2D eigenvalue weighted by Gasteiger charge is 2.28. The molecule has 0 saturated carbocycles. The van der Waals surface area contributed by atoms with Crippen LogP contribution in [0.25, 0.3) is 5.57 Å². The molecule has 1 amide bonds. The number of rotatable bonds is 3. The maximum absolute atomic E-state index is 12.1. The Morgan fingerprint density at radius 3 is 2.44 bits per heavy atom. The van der Waals surface area contributed by atoms with Crippen LogP contribution in [0.4, 0.5) is 10.7 Å². The molecule has 0 bridgehead atoms. The molecule has 3 heterocycles. The van der Waals surface area contributed by atoms with Gasteiger partial charge in [0.25, 0.3) is 0 Å². The third-order valence-corrected chi connectivity index (χ3v) is 4.33. The number of methoxy groups -OCH3 is 1. The number of ether oxygens (including phenoxy) is 2. The van der Waals surface area contributed by atoms with Gasteiger partial charge in [0, 0.05) is 51.2 Å². The molecule has 25 heavy (non-hydrogen) atoms. The van der Waals surface area contributed by atoms with Gasteiger partial charge in [-0.15, -0.1) is 0 Å². The van der Waals surface area contributed by atoms with E-state index in [-0.39, 0.29) is 12.2 Å². The third kappa shape index (κ3) is 4.28. The van der Waals surface area contributed by atoms with Gasteiger partial charge in [-0.2, -0.15) is 0 Å². The van der Waals surface area contributed by atoms with E-state index < -0.39 is 5.60 Å². The van der Waals surface area contributed by atoms with Crippen LogP contribution >= 0.6 is 0 Å². The molecule has 0 aliphatic carbocycles. The van der Waals surface area contributed by atoms with Crippen molar-refractivity contribution in [2.24, 2.45) is 0 Å². The third-order valence-electron chi connectivity index (χ3n) is 4.33. The minimum absolute atomic E-state index is 0.264. The Bertz CT molecular complexity index is 645. The highest BCUT2D eigenvalue weighted by molar-refractivity contribution is 5.72. The summed E-state index contributed by atoms with van der Waals surface area (Å²) >= 11 is 0. The molecule has 1 fully saturated rings. The fraction of sp³-hybridized carbons (Fsp3) is 0.611. The fourth-order valence-electron chi connectivity index (χ4n) is 2.82. The lowest BCUT2D eigenvalue weighted by Gasteiger charge is -2.38. The van der Waals surface area contributed by atoms with Crippen molar-refractivity contribution < 1.29 is 14.3 Å². The highest BCUT2D eigenvalue weighted by atomic mass is 16.6. The maximum atomic E-state index is 12.1. The molecule has 7 heteroatoms. The fourth-order valence-corrected chi connectivity index (χ4v) is 2.82. The Kier molecular flexibility index (Phi) is 4.94. The summed E-state index contributed by atoms with van der Waals surface area (Å²) in [7, 11) is 1.72. The number of nitrogens with zero attached hydrogens (tertiary/aromatic N) is 4. The molecular formula is C18H26N4O3. The molecule has 7 nitrogen and oxygen atoms in total. The van der Waals surface area contributed by atoms with Crippen LogP contribution in [0.1, 0.15) is 32.8 Å². The van der Waals surface area contributed by atoms with Crippen LogP contribution < -0.4 is 4.90 Å². The average Bonchev–Trinajstić information content (AvgIpc) is 2.53. The lowest BCUT2D eigenvalue weighted by atomic mass is 10.0. The van der Waals surface area contributed by atoms with Gasteiger partial charge in [-0.05, 0) is 32.8 Å². The molecule has 2 aliphatic rings. The number of amides is 1. The van der Waals surface area contributed by atoms with Crippen LogP contribution in [-0.2, 0) is 9.47 Å². The molecule has 0 radical (unpaired) electrons. The van der Waals surface area contributed by atoms with Crippen molar-refractivity contribution in [2.45, 2.75) is 38.9 Å². The first-order chi connectivity index (χ1) is 11.9. The minimum atomic E-state index is -0.469. The van der Waals surface area contributed by atoms with Crippen LogP contribution in [0.2, 0.25) is 0 Å². The Hall–Kier alpha value is -2.15. The Labute approximate surface area is 148 Å². The minimum Gasteiger partial charge on any atom is -0.444 e. The van der Waals surface area contributed by atoms with E-state index >= 15 is 0 Å². The largest absolute Gasteiger partial charge is 0.444 e. The van der Waals surface area contributed by atoms with E-state index in [1.165, 1.54) is 5.57 Å². The molecule has 136 valence electrons. The van der Waals surface area contributed by atoms with Crippen LogP contribution in [0.15, 0.2) is 18.5 Å². The van der Waals surface area contributed by atoms with Crippen molar-refractivity contribution in [3.05, 3.63) is 24.0 Å². The zero-order valence-corrected chi connectivity index (χ0v) is 15.4. The number of carbonyl (C=O) groups excluding carboxylic acids is 1. The van der Waals surface area contributed by atoms with Crippen molar-refractivity contribution in [2.75, 3.05) is 38.2 Å². The van der Waals surface area contributed by atoms with Gasteiger partial charge in [-0.1, -0.05) is 6.08 Å². The van der Waals surface area contributed by atoms with Crippen LogP contribution in [0.3, 0.4) is 0 Å². The first-order valence-corrected chi connectivity index (χ1v) is 8.63. The standard InChI is InChI=1S/C18H26N4O3/c1-18(2,3)25-17(23)21-7-5-13(6-8-21)14-9-19-16(20-10-14)22-11-15(12-22)24-4/h5,9-10,15H,6-8,11-12H2,1-4H3. The number of anilines is 1. The van der Waals surface area contributed by atoms with E-state index in [2.05, 4.69) is 20.9 Å². The summed E-state index contributed by atoms with van der Waals surface area (Å²) in [6.07, 6.45) is 6.56. The monoisotopic (exact) mass is 346 g/mol. The van der Waals surface area contributed by atoms with E-state index in [4.69, 9.17) is 9.47 Å². The van der Waals surface area contributed by atoms with Gasteiger partial charge in [-0.25, -0.2) is 14.8 Å². The van der Waals surface area contributed by atoms with Gasteiger partial charge < -0.3 is 19.3 Å². The summed E-state index contributed by atoms with van der Waals surface area (Å²) in [5.41, 5.74) is 1.71. The molecule has 0 atom stereocenters. The Morgan fingerprint density at radius 2 is 1.92 bits per heavy atom. The molecule has 2 aliphatic heterocycles. The first-order valence-electron chi connectivity index (χ1n) is 8.63. The van der Waals surface area contributed by atoms with Gasteiger partial charge in [0.2, 0.25) is 5.95 Å². The predicted molar refractivity (Wildman–Crippen MR) is 95.4 cm³/mol. The van der Waals surface area contributed by atoms with Crippen molar-refractivity contribution in [1.29, 1.82) is 0 Å². The van der Waals surface area contributed by atoms with Crippen molar-refractivity contribution >= 4 is 17.6 Å². The Morgan fingerprint density at radius 1 is 1.24 bits per heavy atom. The second-order valence-electron chi connectivity index (χ2n) is 7.44. The van der Waals surface area contributed by atoms with Crippen molar-refractivity contribution in [1.82, 2.24) is 14.9 Å². The summed E-state index contributed by atoms with van der Waals surface area (Å²) in [6, 6.07) is 0. The first kappa shape index (κ1) is 17.7. The average molecular weight is 346 g/mol. The van der Waals surface area contributed by atoms with E-state index in [1.54, 1.807) is 12.0 Å². The summed E-state index contributed by atoms with van der Waals surface area (Å²) in [5, 5.41) is 0. The van der Waals surface area contributed by atoms with Crippen LogP contribution in [0.5, 0.6) is 0 Å². The number of hydrogen-bond acceptors (Lipinski definition) is 6. The van der Waals surface area contributed by atoms with Gasteiger partial charge in [0.05, 0.1) is 6.10 Å². The smallest absolute Gasteiger partial charge is 0.410 e. The topological polar surface area (TPSA) is 67.8 Å². The van der Waals surface area contributed by atoms with E-state index in [9.17, 15) is 4.79 Å². The zero-order chi connectivity index (χ0) is 18.0. The molecule has 1 aromatic rings. The van der Waals surface area contributed by atoms with Gasteiger partial charge in [0.1, 0.15) is 5.60 Å². The summed E-state index contributed by atoms with van der Waals surface area (Å²) in [6.45, 7) is 8.50. The second-order valence-corrected chi connectivity index (χ2v) is 7.44. The summed E-state index contributed by atoms with van der Waals surface area (Å²) in [5.74, 6) is 0.740. The van der Waals surface area contributed by atoms with E-state index in [0.29, 0.717) is 13.1 Å². The van der Waals surface area contributed by atoms with E-state index in [0.717, 1.165) is 31.0 Å². The van der Waals surface area contributed by atoms with Crippen molar-refractivity contribution in [3.8, 4) is 0 Å². The molecular weight excluding hydrogens is 320 g/mol. The Balaban J connectivity index is 1.57. The molecule has 0 aromatic carbocycles. The van der Waals surface area contributed by atoms with Crippen LogP contribution in [-0.4, -0.2) is 66.0 Å². The molecule has 0 spiro atoms. The molecule has 1 aromatic heterocycles. The van der Waals surface area contributed by atoms with Gasteiger partial charge in [-0.3, -0.25) is 0 Å². The van der Waals surface area contributed by atoms with Crippen molar-refractivity contribution in [3.63, 3.8) is 0 Å². The number of aromatic nitrogens is 2. The normalized spacial score (nSPS) is 18.6. The lowest BCUT2D eigenvalue weighted by Crippen LogP contribution is -2.52. The zero-order valence-electron chi connectivity index (χ0n) is 15.4. The number of carbonyl (C=O) groups is 1. The maximum Gasteiger partial charge on any atom is 0.410 e. The van der Waals surface area contributed by atoms with Gasteiger partial charge >= 0.3 is 6.09 Å². The molecule has 0 unspecified atom stereocenters. The number of hydrogen-bond donors (Lipinski definition) is 0. The van der Waals surface area contributed by atoms with Gasteiger partial charge in [0.15, 0.2) is 0 Å². The van der Waals surface area contributed by atoms with Crippen LogP contribution in [0, 0.1) is 0 Å². The summed E-state index contributed by atoms with van der Waals surface area (Å²) < 4.78 is 10.7. The predicted octanol–water partition coefficient (Wildman–Crippen LogP) is 2.34. The molecule has 0 N–H and O–H groups in total. The SMILES string of the molecule is COC1CN(c2ncc(C3=CCN(C(=O)OC(C)(C)C)CC3)cn2)C1. The van der Waals surface area contributed by atoms with E-state index in [1.807, 2.05) is 33.2 Å². The molecule has 1 saturated heterocycles. The summed E-state index contributed by atoms with van der Waals surface area (Å²) in [4.78, 5) is 24.8. The quantitative estimate of drug-likeness (QED) is 0.837. The highest BCUT2D eigenvalue weighted by Crippen LogP contribution is 2.24. The lowest BCUT2D eigenvalue weighted by molar-refractivity contribution is 0.0270.